The molecule has 6 nitrogen and oxygen atoms in total. The van der Waals surface area contributed by atoms with E-state index in [1.54, 1.807) is 6.07 Å². The second kappa shape index (κ2) is 5.92. The first-order valence-corrected chi connectivity index (χ1v) is 6.97. The smallest absolute Gasteiger partial charge is 0.321 e. The number of hydrogen-bond acceptors (Lipinski definition) is 4. The number of carboxylic acids is 1. The van der Waals surface area contributed by atoms with E-state index in [2.05, 4.69) is 9.71 Å². The summed E-state index contributed by atoms with van der Waals surface area (Å²) in [6.45, 7) is 3.65. The summed E-state index contributed by atoms with van der Waals surface area (Å²) in [5, 5.41) is 8.80. The maximum Gasteiger partial charge on any atom is 0.321 e. The van der Waals surface area contributed by atoms with E-state index >= 15 is 0 Å². The van der Waals surface area contributed by atoms with Gasteiger partial charge in [0.15, 0.2) is 5.03 Å². The fraction of sp³-hybridized carbons (Fsp3) is 0.455. The molecule has 0 saturated heterocycles. The van der Waals surface area contributed by atoms with Gasteiger partial charge in [-0.3, -0.25) is 4.79 Å². The maximum atomic E-state index is 11.9. The molecule has 1 heterocycles. The standard InChI is InChI=1S/C11H16N2O4S/c1-8(2)7-9(11(14)15)13-18(16,17)10-5-3-4-6-12-10/h3-6,8-9,13H,7H2,1-2H3,(H,14,15)/t9-/m1/s1. The zero-order valence-corrected chi connectivity index (χ0v) is 11.0. The quantitative estimate of drug-likeness (QED) is 0.800. The van der Waals surface area contributed by atoms with Crippen LogP contribution in [0.5, 0.6) is 0 Å². The highest BCUT2D eigenvalue weighted by molar-refractivity contribution is 7.89. The summed E-state index contributed by atoms with van der Waals surface area (Å²) in [4.78, 5) is 14.7. The van der Waals surface area contributed by atoms with Crippen molar-refractivity contribution in [2.45, 2.75) is 31.3 Å². The molecule has 1 aromatic rings. The minimum absolute atomic E-state index is 0.0672. The summed E-state index contributed by atoms with van der Waals surface area (Å²) in [5.41, 5.74) is 0. The van der Waals surface area contributed by atoms with Gasteiger partial charge in [0.05, 0.1) is 0 Å². The number of pyridine rings is 1. The molecule has 0 aromatic carbocycles. The molecule has 1 atom stereocenters. The van der Waals surface area contributed by atoms with Crippen LogP contribution in [0.25, 0.3) is 0 Å². The highest BCUT2D eigenvalue weighted by Crippen LogP contribution is 2.10. The Morgan fingerprint density at radius 3 is 2.56 bits per heavy atom. The number of nitrogens with zero attached hydrogens (tertiary/aromatic N) is 1. The van der Waals surface area contributed by atoms with Crippen LogP contribution in [0.2, 0.25) is 0 Å². The lowest BCUT2D eigenvalue weighted by molar-refractivity contribution is -0.139. The molecule has 0 amide bonds. The minimum Gasteiger partial charge on any atom is -0.480 e. The second-order valence-electron chi connectivity index (χ2n) is 4.31. The molecule has 0 fully saturated rings. The Morgan fingerprint density at radius 1 is 1.44 bits per heavy atom. The lowest BCUT2D eigenvalue weighted by Gasteiger charge is -2.16. The second-order valence-corrected chi connectivity index (χ2v) is 5.97. The van der Waals surface area contributed by atoms with Crippen molar-refractivity contribution in [3.63, 3.8) is 0 Å². The topological polar surface area (TPSA) is 96.4 Å². The molecular weight excluding hydrogens is 256 g/mol. The molecule has 0 bridgehead atoms. The summed E-state index contributed by atoms with van der Waals surface area (Å²) in [6, 6.07) is 3.29. The van der Waals surface area contributed by atoms with Crippen LogP contribution in [-0.2, 0) is 14.8 Å². The number of aliphatic carboxylic acids is 1. The number of rotatable bonds is 6. The molecule has 2 N–H and O–H groups in total. The normalized spacial score (nSPS) is 13.5. The van der Waals surface area contributed by atoms with Gasteiger partial charge in [-0.15, -0.1) is 0 Å². The van der Waals surface area contributed by atoms with E-state index in [-0.39, 0.29) is 17.4 Å². The molecule has 0 aliphatic carbocycles. The zero-order valence-electron chi connectivity index (χ0n) is 10.2. The van der Waals surface area contributed by atoms with E-state index < -0.39 is 22.0 Å². The van der Waals surface area contributed by atoms with E-state index in [1.165, 1.54) is 18.3 Å². The van der Waals surface area contributed by atoms with Crippen LogP contribution >= 0.6 is 0 Å². The Balaban J connectivity index is 2.90. The van der Waals surface area contributed by atoms with Crippen LogP contribution in [0.4, 0.5) is 0 Å². The van der Waals surface area contributed by atoms with E-state index in [0.29, 0.717) is 0 Å². The van der Waals surface area contributed by atoms with E-state index in [4.69, 9.17) is 5.11 Å². The Morgan fingerprint density at radius 2 is 2.11 bits per heavy atom. The average molecular weight is 272 g/mol. The monoisotopic (exact) mass is 272 g/mol. The maximum absolute atomic E-state index is 11.9. The van der Waals surface area contributed by atoms with Crippen LogP contribution < -0.4 is 4.72 Å². The number of carboxylic acid groups (broad SMARTS) is 1. The number of nitrogens with one attached hydrogen (secondary N) is 1. The molecule has 100 valence electrons. The van der Waals surface area contributed by atoms with E-state index in [9.17, 15) is 13.2 Å². The molecular formula is C11H16N2O4S. The van der Waals surface area contributed by atoms with E-state index in [1.807, 2.05) is 13.8 Å². The average Bonchev–Trinajstić information content (AvgIpc) is 2.28. The fourth-order valence-electron chi connectivity index (χ4n) is 1.42. The van der Waals surface area contributed by atoms with Crippen molar-refractivity contribution in [1.29, 1.82) is 0 Å². The first kappa shape index (κ1) is 14.6. The molecule has 0 spiro atoms. The molecule has 0 aliphatic rings. The van der Waals surface area contributed by atoms with Crippen LogP contribution in [0, 0.1) is 5.92 Å². The third-order valence-electron chi connectivity index (χ3n) is 2.22. The Kier molecular flexibility index (Phi) is 4.80. The molecule has 18 heavy (non-hydrogen) atoms. The minimum atomic E-state index is -3.89. The van der Waals surface area contributed by atoms with Crippen molar-refractivity contribution < 1.29 is 18.3 Å². The van der Waals surface area contributed by atoms with Gasteiger partial charge in [-0.2, -0.15) is 4.72 Å². The number of carbonyl (C=O) groups is 1. The summed E-state index contributed by atoms with van der Waals surface area (Å²) in [7, 11) is -3.89. The van der Waals surface area contributed by atoms with Gasteiger partial charge < -0.3 is 5.11 Å². The van der Waals surface area contributed by atoms with Gasteiger partial charge in [-0.1, -0.05) is 19.9 Å². The van der Waals surface area contributed by atoms with Gasteiger partial charge >= 0.3 is 5.97 Å². The first-order valence-electron chi connectivity index (χ1n) is 5.49. The summed E-state index contributed by atoms with van der Waals surface area (Å²) in [6.07, 6.45) is 1.56. The van der Waals surface area contributed by atoms with Crippen LogP contribution in [0.15, 0.2) is 29.4 Å². The van der Waals surface area contributed by atoms with Crippen LogP contribution in [0.3, 0.4) is 0 Å². The number of sulfonamides is 1. The van der Waals surface area contributed by atoms with Gasteiger partial charge in [-0.25, -0.2) is 13.4 Å². The van der Waals surface area contributed by atoms with Crippen molar-refractivity contribution >= 4 is 16.0 Å². The SMILES string of the molecule is CC(C)C[C@@H](NS(=O)(=O)c1ccccn1)C(=O)O. The Bertz CT molecular complexity index is 499. The third kappa shape index (κ3) is 4.08. The first-order chi connectivity index (χ1) is 8.33. The Hall–Kier alpha value is -1.47. The largest absolute Gasteiger partial charge is 0.480 e. The van der Waals surface area contributed by atoms with Crippen LogP contribution in [-0.4, -0.2) is 30.5 Å². The predicted molar refractivity (Wildman–Crippen MR) is 65.4 cm³/mol. The molecule has 0 unspecified atom stereocenters. The highest BCUT2D eigenvalue weighted by atomic mass is 32.2. The molecule has 0 radical (unpaired) electrons. The van der Waals surface area contributed by atoms with Gasteiger partial charge in [-0.05, 0) is 24.5 Å². The van der Waals surface area contributed by atoms with Gasteiger partial charge in [0.1, 0.15) is 6.04 Å². The predicted octanol–water partition coefficient (Wildman–Crippen LogP) is 0.859. The molecule has 1 aromatic heterocycles. The summed E-state index contributed by atoms with van der Waals surface area (Å²) < 4.78 is 25.9. The van der Waals surface area contributed by atoms with Crippen molar-refractivity contribution in [2.75, 3.05) is 0 Å². The van der Waals surface area contributed by atoms with Crippen LogP contribution in [0.1, 0.15) is 20.3 Å². The van der Waals surface area contributed by atoms with Gasteiger partial charge in [0.2, 0.25) is 0 Å². The molecule has 0 saturated carbocycles. The third-order valence-corrected chi connectivity index (χ3v) is 3.60. The molecule has 0 aliphatic heterocycles. The van der Waals surface area contributed by atoms with E-state index in [0.717, 1.165) is 0 Å². The Labute approximate surface area is 106 Å². The van der Waals surface area contributed by atoms with Crippen molar-refractivity contribution in [3.05, 3.63) is 24.4 Å². The summed E-state index contributed by atoms with van der Waals surface area (Å²) >= 11 is 0. The van der Waals surface area contributed by atoms with Crippen molar-refractivity contribution in [1.82, 2.24) is 9.71 Å². The molecule has 1 rings (SSSR count). The van der Waals surface area contributed by atoms with Crippen molar-refractivity contribution in [2.24, 2.45) is 5.92 Å². The zero-order chi connectivity index (χ0) is 13.8. The highest BCUT2D eigenvalue weighted by Gasteiger charge is 2.26. The molecule has 7 heteroatoms. The van der Waals surface area contributed by atoms with Gasteiger partial charge in [0, 0.05) is 6.20 Å². The lowest BCUT2D eigenvalue weighted by atomic mass is 10.1. The number of aromatic nitrogens is 1. The lowest BCUT2D eigenvalue weighted by Crippen LogP contribution is -2.41. The van der Waals surface area contributed by atoms with Gasteiger partial charge in [0.25, 0.3) is 10.0 Å². The van der Waals surface area contributed by atoms with Crippen molar-refractivity contribution in [3.8, 4) is 0 Å². The fourth-order valence-corrected chi connectivity index (χ4v) is 2.57. The summed E-state index contributed by atoms with van der Waals surface area (Å²) in [5.74, 6) is -1.12. The number of hydrogen-bond donors (Lipinski definition) is 2.